The lowest BCUT2D eigenvalue weighted by Crippen LogP contribution is -2.23. The molecule has 0 saturated heterocycles. The van der Waals surface area contributed by atoms with Gasteiger partial charge in [-0.2, -0.15) is 5.10 Å². The molecule has 0 aliphatic rings. The van der Waals surface area contributed by atoms with Gasteiger partial charge in [0.2, 0.25) is 0 Å². The van der Waals surface area contributed by atoms with Gasteiger partial charge >= 0.3 is 0 Å². The van der Waals surface area contributed by atoms with Gasteiger partial charge < -0.3 is 9.72 Å². The van der Waals surface area contributed by atoms with E-state index in [-0.39, 0.29) is 5.56 Å². The molecule has 0 aliphatic carbocycles. The Morgan fingerprint density at radius 2 is 2.16 bits per heavy atom. The average molecular weight is 338 g/mol. The monoisotopic (exact) mass is 338 g/mol. The summed E-state index contributed by atoms with van der Waals surface area (Å²) in [6.07, 6.45) is 2.29. The molecule has 0 saturated carbocycles. The van der Waals surface area contributed by atoms with Gasteiger partial charge in [0.15, 0.2) is 5.52 Å². The van der Waals surface area contributed by atoms with Crippen LogP contribution >= 0.6 is 0 Å². The van der Waals surface area contributed by atoms with Crippen LogP contribution in [0.5, 0.6) is 5.75 Å². The third kappa shape index (κ3) is 2.46. The van der Waals surface area contributed by atoms with Gasteiger partial charge in [-0.1, -0.05) is 6.92 Å². The first-order valence-corrected chi connectivity index (χ1v) is 8.04. The molecule has 1 aromatic carbocycles. The van der Waals surface area contributed by atoms with E-state index >= 15 is 0 Å². The van der Waals surface area contributed by atoms with Crippen LogP contribution in [0.2, 0.25) is 0 Å². The normalized spacial score (nSPS) is 11.5. The number of nitrogens with one attached hydrogen (secondary N) is 1. The van der Waals surface area contributed by atoms with Crippen molar-refractivity contribution in [1.82, 2.24) is 29.3 Å². The van der Waals surface area contributed by atoms with Crippen molar-refractivity contribution in [1.29, 1.82) is 0 Å². The first-order chi connectivity index (χ1) is 12.1. The Labute approximate surface area is 143 Å². The number of ether oxygens (including phenoxy) is 1. The Bertz CT molecular complexity index is 1140. The van der Waals surface area contributed by atoms with E-state index in [4.69, 9.17) is 4.74 Å². The molecule has 4 aromatic rings. The third-order valence-corrected chi connectivity index (χ3v) is 4.27. The highest BCUT2D eigenvalue weighted by Gasteiger charge is 2.14. The molecule has 3 heterocycles. The molecule has 0 atom stereocenters. The molecule has 25 heavy (non-hydrogen) atoms. The standard InChI is InChI=1S/C17H18N6O2/c1-4-11-15-16(22(2)21-11)17(24)23(9-18-15)8-14-19-12-6-5-10(25-3)7-13(12)20-14/h5-7,9H,4,8H2,1-3H3,(H,19,20). The van der Waals surface area contributed by atoms with Crippen LogP contribution in [0.1, 0.15) is 18.4 Å². The molecular formula is C17H18N6O2. The van der Waals surface area contributed by atoms with E-state index in [9.17, 15) is 4.79 Å². The minimum atomic E-state index is -0.127. The van der Waals surface area contributed by atoms with Gasteiger partial charge in [-0.05, 0) is 18.6 Å². The van der Waals surface area contributed by atoms with Crippen LogP contribution < -0.4 is 10.3 Å². The van der Waals surface area contributed by atoms with Crippen molar-refractivity contribution in [3.8, 4) is 5.75 Å². The Balaban J connectivity index is 1.77. The number of hydrogen-bond acceptors (Lipinski definition) is 5. The van der Waals surface area contributed by atoms with Crippen LogP contribution in [0.25, 0.3) is 22.1 Å². The third-order valence-electron chi connectivity index (χ3n) is 4.27. The topological polar surface area (TPSA) is 90.6 Å². The molecular weight excluding hydrogens is 320 g/mol. The molecule has 0 bridgehead atoms. The summed E-state index contributed by atoms with van der Waals surface area (Å²) in [5.74, 6) is 1.44. The summed E-state index contributed by atoms with van der Waals surface area (Å²) in [5.41, 5.74) is 3.57. The first-order valence-electron chi connectivity index (χ1n) is 8.04. The number of hydrogen-bond donors (Lipinski definition) is 1. The number of nitrogens with zero attached hydrogens (tertiary/aromatic N) is 5. The second-order valence-electron chi connectivity index (χ2n) is 5.87. The molecule has 0 spiro atoms. The van der Waals surface area contributed by atoms with Crippen LogP contribution in [-0.4, -0.2) is 36.4 Å². The molecule has 0 unspecified atom stereocenters. The van der Waals surface area contributed by atoms with Crippen LogP contribution in [-0.2, 0) is 20.0 Å². The molecule has 0 fully saturated rings. The Hall–Kier alpha value is -3.16. The zero-order valence-electron chi connectivity index (χ0n) is 14.3. The number of aromatic amines is 1. The molecule has 4 rings (SSSR count). The minimum absolute atomic E-state index is 0.127. The molecule has 0 aliphatic heterocycles. The van der Waals surface area contributed by atoms with E-state index in [0.717, 1.165) is 28.9 Å². The lowest BCUT2D eigenvalue weighted by Gasteiger charge is -2.03. The van der Waals surface area contributed by atoms with Crippen molar-refractivity contribution in [2.24, 2.45) is 7.05 Å². The first kappa shape index (κ1) is 15.4. The van der Waals surface area contributed by atoms with E-state index in [1.54, 1.807) is 29.7 Å². The number of rotatable bonds is 4. The zero-order valence-corrected chi connectivity index (χ0v) is 14.3. The number of fused-ring (bicyclic) bond motifs is 2. The number of aryl methyl sites for hydroxylation is 2. The highest BCUT2D eigenvalue weighted by molar-refractivity contribution is 5.77. The summed E-state index contributed by atoms with van der Waals surface area (Å²) in [7, 11) is 3.39. The summed E-state index contributed by atoms with van der Waals surface area (Å²) in [6.45, 7) is 2.31. The van der Waals surface area contributed by atoms with E-state index < -0.39 is 0 Å². The van der Waals surface area contributed by atoms with Crippen molar-refractivity contribution in [3.05, 3.63) is 46.4 Å². The maximum Gasteiger partial charge on any atom is 0.279 e. The van der Waals surface area contributed by atoms with Gasteiger partial charge in [0, 0.05) is 13.1 Å². The van der Waals surface area contributed by atoms with Crippen molar-refractivity contribution >= 4 is 22.1 Å². The maximum absolute atomic E-state index is 12.8. The molecule has 0 radical (unpaired) electrons. The molecule has 3 aromatic heterocycles. The highest BCUT2D eigenvalue weighted by atomic mass is 16.5. The fraction of sp³-hybridized carbons (Fsp3) is 0.294. The van der Waals surface area contributed by atoms with Crippen molar-refractivity contribution < 1.29 is 4.74 Å². The molecule has 8 nitrogen and oxygen atoms in total. The molecule has 0 amide bonds. The van der Waals surface area contributed by atoms with Crippen LogP contribution in [0.3, 0.4) is 0 Å². The van der Waals surface area contributed by atoms with E-state index in [1.165, 1.54) is 0 Å². The fourth-order valence-electron chi connectivity index (χ4n) is 3.02. The fourth-order valence-corrected chi connectivity index (χ4v) is 3.02. The van der Waals surface area contributed by atoms with Gasteiger partial charge in [0.1, 0.15) is 17.1 Å². The van der Waals surface area contributed by atoms with Gasteiger partial charge in [0.05, 0.1) is 36.7 Å². The summed E-state index contributed by atoms with van der Waals surface area (Å²) in [5, 5.41) is 4.37. The van der Waals surface area contributed by atoms with Gasteiger partial charge in [-0.15, -0.1) is 0 Å². The number of aromatic nitrogens is 6. The maximum atomic E-state index is 12.8. The predicted octanol–water partition coefficient (Wildman–Crippen LogP) is 1.63. The smallest absolute Gasteiger partial charge is 0.279 e. The van der Waals surface area contributed by atoms with Crippen LogP contribution in [0.4, 0.5) is 0 Å². The minimum Gasteiger partial charge on any atom is -0.497 e. The summed E-state index contributed by atoms with van der Waals surface area (Å²) >= 11 is 0. The number of benzene rings is 1. The number of methoxy groups -OCH3 is 1. The molecule has 128 valence electrons. The van der Waals surface area contributed by atoms with Crippen molar-refractivity contribution in [2.45, 2.75) is 19.9 Å². The second-order valence-corrected chi connectivity index (χ2v) is 5.87. The van der Waals surface area contributed by atoms with E-state index in [2.05, 4.69) is 20.1 Å². The van der Waals surface area contributed by atoms with Crippen molar-refractivity contribution in [3.63, 3.8) is 0 Å². The quantitative estimate of drug-likeness (QED) is 0.611. The number of imidazole rings is 1. The lowest BCUT2D eigenvalue weighted by molar-refractivity contribution is 0.415. The Morgan fingerprint density at radius 3 is 2.92 bits per heavy atom. The van der Waals surface area contributed by atoms with Gasteiger partial charge in [0.25, 0.3) is 5.56 Å². The predicted molar refractivity (Wildman–Crippen MR) is 93.9 cm³/mol. The summed E-state index contributed by atoms with van der Waals surface area (Å²) in [6, 6.07) is 5.62. The lowest BCUT2D eigenvalue weighted by atomic mass is 10.3. The van der Waals surface area contributed by atoms with Gasteiger partial charge in [-0.3, -0.25) is 14.0 Å². The largest absolute Gasteiger partial charge is 0.497 e. The summed E-state index contributed by atoms with van der Waals surface area (Å²) in [4.78, 5) is 25.0. The Kier molecular flexibility index (Phi) is 3.52. The zero-order chi connectivity index (χ0) is 17.6. The van der Waals surface area contributed by atoms with Crippen LogP contribution in [0.15, 0.2) is 29.3 Å². The molecule has 1 N–H and O–H groups in total. The average Bonchev–Trinajstić information content (AvgIpc) is 3.16. The van der Waals surface area contributed by atoms with E-state index in [1.807, 2.05) is 25.1 Å². The molecule has 8 heteroatoms. The second kappa shape index (κ2) is 5.73. The van der Waals surface area contributed by atoms with Crippen molar-refractivity contribution in [2.75, 3.05) is 7.11 Å². The van der Waals surface area contributed by atoms with E-state index in [0.29, 0.717) is 23.4 Å². The SMILES string of the molecule is CCc1nn(C)c2c(=O)n(Cc3nc4ccc(OC)cc4[nH]3)cnc12. The Morgan fingerprint density at radius 1 is 1.32 bits per heavy atom. The summed E-state index contributed by atoms with van der Waals surface area (Å²) < 4.78 is 8.36. The number of H-pyrrole nitrogens is 1. The highest BCUT2D eigenvalue weighted by Crippen LogP contribution is 2.19. The van der Waals surface area contributed by atoms with Gasteiger partial charge in [-0.25, -0.2) is 9.97 Å². The van der Waals surface area contributed by atoms with Crippen LogP contribution in [0, 0.1) is 0 Å².